The highest BCUT2D eigenvalue weighted by molar-refractivity contribution is 7.91. The zero-order chi connectivity index (χ0) is 18.4. The molecule has 0 spiro atoms. The number of piperidine rings is 1. The first kappa shape index (κ1) is 22.8. The number of carbonyl (C=O) groups is 2. The van der Waals surface area contributed by atoms with Gasteiger partial charge in [0.1, 0.15) is 4.21 Å². The lowest BCUT2D eigenvalue weighted by Gasteiger charge is -2.32. The number of nitrogens with one attached hydrogen (secondary N) is 3. The van der Waals surface area contributed by atoms with Gasteiger partial charge in [-0.3, -0.25) is 9.59 Å². The number of rotatable bonds is 7. The van der Waals surface area contributed by atoms with Crippen molar-refractivity contribution < 1.29 is 18.0 Å². The highest BCUT2D eigenvalue weighted by Gasteiger charge is 2.24. The number of likely N-dealkylation sites (N-methyl/N-ethyl adjacent to an activating group) is 1. The predicted octanol–water partition coefficient (Wildman–Crippen LogP) is 0.295. The van der Waals surface area contributed by atoms with Crippen LogP contribution in [0.1, 0.15) is 24.6 Å². The van der Waals surface area contributed by atoms with Crippen molar-refractivity contribution in [2.24, 2.45) is 0 Å². The van der Waals surface area contributed by atoms with Crippen LogP contribution in [0.25, 0.3) is 0 Å². The van der Waals surface area contributed by atoms with Crippen molar-refractivity contribution in [3.63, 3.8) is 0 Å². The molecule has 1 aromatic heterocycles. The van der Waals surface area contributed by atoms with Crippen molar-refractivity contribution in [1.82, 2.24) is 20.3 Å². The average Bonchev–Trinajstić information content (AvgIpc) is 3.08. The summed E-state index contributed by atoms with van der Waals surface area (Å²) in [5.74, 6) is -0.401. The molecule has 2 amide bonds. The smallest absolute Gasteiger partial charge is 0.250 e. The van der Waals surface area contributed by atoms with Gasteiger partial charge < -0.3 is 15.5 Å². The molecule has 26 heavy (non-hydrogen) atoms. The van der Waals surface area contributed by atoms with E-state index in [0.717, 1.165) is 29.1 Å². The summed E-state index contributed by atoms with van der Waals surface area (Å²) in [5, 5.41) is 5.77. The number of thiophene rings is 1. The van der Waals surface area contributed by atoms with Crippen LogP contribution in [0.5, 0.6) is 0 Å². The zero-order valence-electron chi connectivity index (χ0n) is 14.8. The van der Waals surface area contributed by atoms with E-state index in [1.54, 1.807) is 11.0 Å². The molecule has 1 fully saturated rings. The highest BCUT2D eigenvalue weighted by Crippen LogP contribution is 2.21. The Bertz CT molecular complexity index is 723. The van der Waals surface area contributed by atoms with Crippen molar-refractivity contribution in [2.75, 3.05) is 26.7 Å². The molecule has 1 aromatic rings. The van der Waals surface area contributed by atoms with E-state index < -0.39 is 10.0 Å². The molecule has 1 aliphatic heterocycles. The Morgan fingerprint density at radius 1 is 1.35 bits per heavy atom. The van der Waals surface area contributed by atoms with Crippen molar-refractivity contribution >= 4 is 45.6 Å². The van der Waals surface area contributed by atoms with Gasteiger partial charge in [0.15, 0.2) is 0 Å². The molecule has 1 atom stereocenters. The number of nitrogens with zero attached hydrogens (tertiary/aromatic N) is 1. The summed E-state index contributed by atoms with van der Waals surface area (Å²) in [6.07, 6.45) is 1.92. The molecule has 8 nitrogen and oxygen atoms in total. The highest BCUT2D eigenvalue weighted by atomic mass is 35.5. The Labute approximate surface area is 164 Å². The minimum Gasteiger partial charge on any atom is -0.351 e. The molecule has 0 saturated carbocycles. The van der Waals surface area contributed by atoms with Crippen LogP contribution in [0.2, 0.25) is 0 Å². The molecule has 3 N–H and O–H groups in total. The molecule has 148 valence electrons. The van der Waals surface area contributed by atoms with E-state index in [1.807, 2.05) is 7.05 Å². The van der Waals surface area contributed by atoms with Crippen LogP contribution in [-0.2, 0) is 26.2 Å². The van der Waals surface area contributed by atoms with Crippen LogP contribution in [0.3, 0.4) is 0 Å². The van der Waals surface area contributed by atoms with Gasteiger partial charge in [-0.25, -0.2) is 13.1 Å². The maximum atomic E-state index is 12.3. The van der Waals surface area contributed by atoms with Crippen LogP contribution in [0.4, 0.5) is 0 Å². The van der Waals surface area contributed by atoms with Crippen LogP contribution in [-0.4, -0.2) is 57.9 Å². The second kappa shape index (κ2) is 10.2. The van der Waals surface area contributed by atoms with E-state index in [2.05, 4.69) is 15.4 Å². The molecule has 0 aromatic carbocycles. The SMILES string of the molecule is CNC1CCCN(C(=O)CNS(=O)(=O)c2ccc(CNC(C)=O)s2)C1.Cl. The van der Waals surface area contributed by atoms with Gasteiger partial charge in [-0.1, -0.05) is 0 Å². The minimum atomic E-state index is -3.74. The number of amides is 2. The largest absolute Gasteiger partial charge is 0.351 e. The van der Waals surface area contributed by atoms with Crippen molar-refractivity contribution in [3.05, 3.63) is 17.0 Å². The fourth-order valence-electron chi connectivity index (χ4n) is 2.59. The summed E-state index contributed by atoms with van der Waals surface area (Å²) in [6, 6.07) is 3.38. The normalized spacial score (nSPS) is 17.5. The summed E-state index contributed by atoms with van der Waals surface area (Å²) in [7, 11) is -1.88. The third kappa shape index (κ3) is 6.51. The number of halogens is 1. The lowest BCUT2D eigenvalue weighted by molar-refractivity contribution is -0.131. The number of likely N-dealkylation sites (tertiary alicyclic amines) is 1. The average molecular weight is 425 g/mol. The van der Waals surface area contributed by atoms with Gasteiger partial charge in [0.05, 0.1) is 13.1 Å². The van der Waals surface area contributed by atoms with Gasteiger partial charge in [0.25, 0.3) is 10.0 Å². The number of carbonyl (C=O) groups excluding carboxylic acids is 2. The van der Waals surface area contributed by atoms with Gasteiger partial charge in [0.2, 0.25) is 11.8 Å². The van der Waals surface area contributed by atoms with E-state index in [4.69, 9.17) is 0 Å². The van der Waals surface area contributed by atoms with Gasteiger partial charge in [-0.05, 0) is 32.0 Å². The Balaban J connectivity index is 0.00000338. The van der Waals surface area contributed by atoms with Crippen LogP contribution in [0.15, 0.2) is 16.3 Å². The van der Waals surface area contributed by atoms with Crippen LogP contribution >= 0.6 is 23.7 Å². The number of sulfonamides is 1. The predicted molar refractivity (Wildman–Crippen MR) is 103 cm³/mol. The maximum Gasteiger partial charge on any atom is 0.250 e. The number of hydrogen-bond acceptors (Lipinski definition) is 6. The fourth-order valence-corrected chi connectivity index (χ4v) is 4.90. The maximum absolute atomic E-state index is 12.3. The zero-order valence-corrected chi connectivity index (χ0v) is 17.2. The molecule has 0 radical (unpaired) electrons. The minimum absolute atomic E-state index is 0. The molecule has 2 rings (SSSR count). The molecule has 11 heteroatoms. The van der Waals surface area contributed by atoms with E-state index in [9.17, 15) is 18.0 Å². The van der Waals surface area contributed by atoms with E-state index in [0.29, 0.717) is 13.1 Å². The van der Waals surface area contributed by atoms with Crippen molar-refractivity contribution in [2.45, 2.75) is 36.6 Å². The molecule has 0 bridgehead atoms. The third-order valence-corrected chi connectivity index (χ3v) is 6.99. The Morgan fingerprint density at radius 2 is 2.08 bits per heavy atom. The first-order valence-electron chi connectivity index (χ1n) is 8.09. The third-order valence-electron chi connectivity index (χ3n) is 4.01. The second-order valence-electron chi connectivity index (χ2n) is 5.92. The van der Waals surface area contributed by atoms with Crippen molar-refractivity contribution in [1.29, 1.82) is 0 Å². The second-order valence-corrected chi connectivity index (χ2v) is 9.08. The topological polar surface area (TPSA) is 108 Å². The molecule has 0 aliphatic carbocycles. The first-order valence-corrected chi connectivity index (χ1v) is 10.4. The fraction of sp³-hybridized carbons (Fsp3) is 0.600. The van der Waals surface area contributed by atoms with Crippen molar-refractivity contribution in [3.8, 4) is 0 Å². The molecular weight excluding hydrogens is 400 g/mol. The molecule has 1 unspecified atom stereocenters. The molecule has 1 saturated heterocycles. The number of hydrogen-bond donors (Lipinski definition) is 3. The molecular formula is C15H25ClN4O4S2. The lowest BCUT2D eigenvalue weighted by Crippen LogP contribution is -2.49. The Kier molecular flexibility index (Phi) is 8.97. The van der Waals surface area contributed by atoms with E-state index in [-0.39, 0.29) is 47.6 Å². The summed E-state index contributed by atoms with van der Waals surface area (Å²) in [5.41, 5.74) is 0. The standard InChI is InChI=1S/C15H24N4O4S2.ClH/c1-11(20)17-8-13-5-6-15(24-13)25(22,23)18-9-14(21)19-7-3-4-12(10-19)16-2;/h5-6,12,16,18H,3-4,7-10H2,1-2H3,(H,17,20);1H. The van der Waals surface area contributed by atoms with Crippen LogP contribution in [0, 0.1) is 0 Å². The van der Waals surface area contributed by atoms with Gasteiger partial charge in [-0.15, -0.1) is 23.7 Å². The van der Waals surface area contributed by atoms with Crippen LogP contribution < -0.4 is 15.4 Å². The summed E-state index contributed by atoms with van der Waals surface area (Å²) < 4.78 is 27.1. The molecule has 2 heterocycles. The lowest BCUT2D eigenvalue weighted by atomic mass is 10.1. The van der Waals surface area contributed by atoms with Gasteiger partial charge in [0, 0.05) is 30.9 Å². The first-order chi connectivity index (χ1) is 11.8. The van der Waals surface area contributed by atoms with E-state index >= 15 is 0 Å². The van der Waals surface area contributed by atoms with E-state index in [1.165, 1.54) is 13.0 Å². The Morgan fingerprint density at radius 3 is 2.73 bits per heavy atom. The molecule has 1 aliphatic rings. The quantitative estimate of drug-likeness (QED) is 0.583. The van der Waals surface area contributed by atoms with Gasteiger partial charge in [-0.2, -0.15) is 0 Å². The summed E-state index contributed by atoms with van der Waals surface area (Å²) >= 11 is 1.07. The van der Waals surface area contributed by atoms with Gasteiger partial charge >= 0.3 is 0 Å². The summed E-state index contributed by atoms with van der Waals surface area (Å²) in [6.45, 7) is 2.68. The summed E-state index contributed by atoms with van der Waals surface area (Å²) in [4.78, 5) is 25.6. The Hall–Kier alpha value is -1.20. The monoisotopic (exact) mass is 424 g/mol.